The van der Waals surface area contributed by atoms with Gasteiger partial charge in [-0.1, -0.05) is 12.1 Å². The molecule has 0 spiro atoms. The number of rotatable bonds is 8. The first kappa shape index (κ1) is 31.1. The van der Waals surface area contributed by atoms with Crippen molar-refractivity contribution in [3.05, 3.63) is 106 Å². The van der Waals surface area contributed by atoms with E-state index >= 15 is 0 Å². The molecule has 0 aliphatic rings. The van der Waals surface area contributed by atoms with Gasteiger partial charge in [-0.3, -0.25) is 19.3 Å². The van der Waals surface area contributed by atoms with Crippen LogP contribution in [0.3, 0.4) is 0 Å². The number of primary amides is 1. The molecule has 0 saturated carbocycles. The molecule has 0 radical (unpaired) electrons. The monoisotopic (exact) mass is 615 g/mol. The van der Waals surface area contributed by atoms with Gasteiger partial charge < -0.3 is 11.1 Å². The van der Waals surface area contributed by atoms with Crippen LogP contribution in [0.1, 0.15) is 39.0 Å². The molecule has 0 unspecified atom stereocenters. The summed E-state index contributed by atoms with van der Waals surface area (Å²) in [5, 5.41) is 5.22. The average molecular weight is 615 g/mol. The second-order valence-electron chi connectivity index (χ2n) is 9.16. The Hall–Kier alpha value is -4.89. The maximum Gasteiger partial charge on any atom is 0.435 e. The van der Waals surface area contributed by atoms with Crippen LogP contribution in [0.4, 0.5) is 39.5 Å². The van der Waals surface area contributed by atoms with Gasteiger partial charge in [0.2, 0.25) is 5.91 Å². The fourth-order valence-electron chi connectivity index (χ4n) is 4.28. The molecule has 2 heterocycles. The Morgan fingerprint density at radius 1 is 0.907 bits per heavy atom. The summed E-state index contributed by atoms with van der Waals surface area (Å²) < 4.78 is 121. The van der Waals surface area contributed by atoms with E-state index in [9.17, 15) is 49.1 Å². The smallest absolute Gasteiger partial charge is 0.366 e. The minimum Gasteiger partial charge on any atom is -0.366 e. The maximum atomic E-state index is 14.1. The second kappa shape index (κ2) is 11.8. The average Bonchev–Trinajstić information content (AvgIpc) is 3.33. The number of aromatic nitrogens is 3. The molecule has 0 aliphatic carbocycles. The van der Waals surface area contributed by atoms with Crippen molar-refractivity contribution < 1.29 is 49.1 Å². The molecule has 3 N–H and O–H groups in total. The highest BCUT2D eigenvalue weighted by Crippen LogP contribution is 2.35. The van der Waals surface area contributed by atoms with Gasteiger partial charge in [0.15, 0.2) is 5.69 Å². The predicted molar refractivity (Wildman–Crippen MR) is 131 cm³/mol. The van der Waals surface area contributed by atoms with Crippen LogP contribution in [0.15, 0.2) is 60.8 Å². The van der Waals surface area contributed by atoms with Crippen molar-refractivity contribution in [1.29, 1.82) is 0 Å². The molecule has 0 aliphatic heterocycles. The molecule has 0 fully saturated rings. The Balaban J connectivity index is 1.76. The van der Waals surface area contributed by atoms with Crippen LogP contribution in [0.2, 0.25) is 0 Å². The summed E-state index contributed by atoms with van der Waals surface area (Å²) in [7, 11) is 0. The summed E-state index contributed by atoms with van der Waals surface area (Å²) in [6, 6.07) is 6.89. The molecule has 1 atom stereocenters. The Kier molecular flexibility index (Phi) is 8.50. The Bertz CT molecular complexity index is 1660. The number of halogens is 9. The highest BCUT2D eigenvalue weighted by Gasteiger charge is 2.42. The molecule has 2 aromatic heterocycles. The van der Waals surface area contributed by atoms with Crippen molar-refractivity contribution >= 4 is 11.8 Å². The molecule has 43 heavy (non-hydrogen) atoms. The van der Waals surface area contributed by atoms with Crippen molar-refractivity contribution in [2.24, 2.45) is 5.73 Å². The fraction of sp³-hybridized carbons (Fsp3) is 0.185. The van der Waals surface area contributed by atoms with E-state index in [4.69, 9.17) is 5.73 Å². The van der Waals surface area contributed by atoms with Crippen molar-refractivity contribution in [1.82, 2.24) is 20.1 Å². The molecule has 226 valence electrons. The highest BCUT2D eigenvalue weighted by molar-refractivity contribution is 5.94. The Labute approximate surface area is 236 Å². The molecular formula is C27H18F9N5O2. The predicted octanol–water partition coefficient (Wildman–Crippen LogP) is 5.60. The van der Waals surface area contributed by atoms with Gasteiger partial charge >= 0.3 is 12.4 Å². The van der Waals surface area contributed by atoms with Gasteiger partial charge in [0, 0.05) is 23.9 Å². The van der Waals surface area contributed by atoms with Crippen LogP contribution in [-0.4, -0.2) is 26.6 Å². The van der Waals surface area contributed by atoms with E-state index in [2.05, 4.69) is 15.4 Å². The second-order valence-corrected chi connectivity index (χ2v) is 9.16. The quantitative estimate of drug-likeness (QED) is 0.252. The summed E-state index contributed by atoms with van der Waals surface area (Å²) in [6.45, 7) is -1.33. The van der Waals surface area contributed by atoms with Gasteiger partial charge in [0.1, 0.15) is 29.7 Å². The largest absolute Gasteiger partial charge is 0.435 e. The van der Waals surface area contributed by atoms with E-state index in [0.717, 1.165) is 24.3 Å². The molecule has 2 amide bonds. The van der Waals surface area contributed by atoms with E-state index in [1.54, 1.807) is 0 Å². The zero-order chi connectivity index (χ0) is 31.7. The summed E-state index contributed by atoms with van der Waals surface area (Å²) in [4.78, 5) is 28.9. The minimum atomic E-state index is -5.30. The standard InChI is InChI=1S/C27H18F9N5O2/c28-15-6-13(7-16(29)10-15)8-20(24-17(2-1-5-38-24)14-3-4-19(30)18(9-14)25(37)43)39-23(42)12-41-22(27(34,35)36)11-21(40-41)26(31,32)33/h1-7,9-11,20H,8,12H2,(H2,37,43)(H,39,42)/t20-/m0/s1. The van der Waals surface area contributed by atoms with E-state index in [-0.39, 0.29) is 33.1 Å². The number of hydrogen-bond acceptors (Lipinski definition) is 4. The van der Waals surface area contributed by atoms with Crippen molar-refractivity contribution in [2.45, 2.75) is 31.4 Å². The number of benzene rings is 2. The van der Waals surface area contributed by atoms with Gasteiger partial charge in [-0.2, -0.15) is 31.4 Å². The van der Waals surface area contributed by atoms with Crippen LogP contribution >= 0.6 is 0 Å². The Morgan fingerprint density at radius 2 is 1.58 bits per heavy atom. The maximum absolute atomic E-state index is 14.1. The number of nitrogens with zero attached hydrogens (tertiary/aromatic N) is 3. The molecule has 4 aromatic rings. The molecule has 0 bridgehead atoms. The number of pyridine rings is 1. The first-order chi connectivity index (χ1) is 20.0. The lowest BCUT2D eigenvalue weighted by atomic mass is 9.94. The van der Waals surface area contributed by atoms with Crippen molar-refractivity contribution in [2.75, 3.05) is 0 Å². The molecule has 2 aromatic carbocycles. The summed E-state index contributed by atoms with van der Waals surface area (Å²) in [5.74, 6) is -5.30. The first-order valence-electron chi connectivity index (χ1n) is 12.0. The van der Waals surface area contributed by atoms with Crippen LogP contribution in [-0.2, 0) is 30.1 Å². The number of carbonyl (C=O) groups excluding carboxylic acids is 2. The van der Waals surface area contributed by atoms with E-state index in [1.807, 2.05) is 0 Å². The van der Waals surface area contributed by atoms with Crippen LogP contribution in [0.25, 0.3) is 11.1 Å². The normalized spacial score (nSPS) is 12.7. The summed E-state index contributed by atoms with van der Waals surface area (Å²) >= 11 is 0. The Morgan fingerprint density at radius 3 is 2.19 bits per heavy atom. The van der Waals surface area contributed by atoms with Gasteiger partial charge in [0.05, 0.1) is 17.3 Å². The number of carbonyl (C=O) groups is 2. The minimum absolute atomic E-state index is 0.0363. The number of nitrogens with two attached hydrogens (primary N) is 1. The summed E-state index contributed by atoms with van der Waals surface area (Å²) in [5.41, 5.74) is 1.22. The van der Waals surface area contributed by atoms with E-state index in [1.165, 1.54) is 24.4 Å². The topological polar surface area (TPSA) is 103 Å². The number of hydrogen-bond donors (Lipinski definition) is 2. The third kappa shape index (κ3) is 7.31. The number of amides is 2. The lowest BCUT2D eigenvalue weighted by molar-refractivity contribution is -0.144. The number of alkyl halides is 6. The van der Waals surface area contributed by atoms with Gasteiger partial charge in [-0.05, 0) is 47.9 Å². The van der Waals surface area contributed by atoms with Crippen molar-refractivity contribution in [3.63, 3.8) is 0 Å². The molecular weight excluding hydrogens is 597 g/mol. The molecule has 16 heteroatoms. The third-order valence-corrected chi connectivity index (χ3v) is 6.06. The van der Waals surface area contributed by atoms with Gasteiger partial charge in [0.25, 0.3) is 5.91 Å². The van der Waals surface area contributed by atoms with Crippen molar-refractivity contribution in [3.8, 4) is 11.1 Å². The van der Waals surface area contributed by atoms with Gasteiger partial charge in [-0.25, -0.2) is 13.2 Å². The first-order valence-corrected chi connectivity index (χ1v) is 12.0. The third-order valence-electron chi connectivity index (χ3n) is 6.06. The van der Waals surface area contributed by atoms with Crippen LogP contribution < -0.4 is 11.1 Å². The van der Waals surface area contributed by atoms with E-state index < -0.39 is 77.6 Å². The number of nitrogens with one attached hydrogen (secondary N) is 1. The lowest BCUT2D eigenvalue weighted by Gasteiger charge is -2.22. The fourth-order valence-corrected chi connectivity index (χ4v) is 4.28. The summed E-state index contributed by atoms with van der Waals surface area (Å²) in [6.07, 6.45) is -9.71. The zero-order valence-corrected chi connectivity index (χ0v) is 21.4. The van der Waals surface area contributed by atoms with Gasteiger partial charge in [-0.15, -0.1) is 0 Å². The molecule has 4 rings (SSSR count). The highest BCUT2D eigenvalue weighted by atomic mass is 19.4. The molecule has 0 saturated heterocycles. The molecule has 7 nitrogen and oxygen atoms in total. The van der Waals surface area contributed by atoms with E-state index in [0.29, 0.717) is 6.07 Å². The lowest BCUT2D eigenvalue weighted by Crippen LogP contribution is -2.34. The zero-order valence-electron chi connectivity index (χ0n) is 21.4. The van der Waals surface area contributed by atoms with Crippen LogP contribution in [0, 0.1) is 17.5 Å². The van der Waals surface area contributed by atoms with Crippen LogP contribution in [0.5, 0.6) is 0 Å². The SMILES string of the molecule is NC(=O)c1cc(-c2cccnc2[C@H](Cc2cc(F)cc(F)c2)NC(=O)Cn2nc(C(F)(F)F)cc2C(F)(F)F)ccc1F.